The molecule has 27 heavy (non-hydrogen) atoms. The number of carbonyl (C=O) groups excluding carboxylic acids is 1. The highest BCUT2D eigenvalue weighted by Crippen LogP contribution is 2.23. The van der Waals surface area contributed by atoms with E-state index in [2.05, 4.69) is 10.4 Å². The molecule has 0 atom stereocenters. The van der Waals surface area contributed by atoms with E-state index >= 15 is 0 Å². The normalized spacial score (nSPS) is 10.7. The molecule has 0 saturated carbocycles. The van der Waals surface area contributed by atoms with Gasteiger partial charge in [0.05, 0.1) is 6.54 Å². The number of anilines is 1. The van der Waals surface area contributed by atoms with Crippen LogP contribution in [0.15, 0.2) is 89.7 Å². The van der Waals surface area contributed by atoms with Crippen LogP contribution in [0.1, 0.15) is 16.1 Å². The van der Waals surface area contributed by atoms with Crippen molar-refractivity contribution in [3.05, 3.63) is 107 Å². The molecule has 0 aliphatic carbocycles. The van der Waals surface area contributed by atoms with E-state index in [1.165, 1.54) is 16.8 Å². The average molecular weight is 355 g/mol. The molecule has 5 nitrogen and oxygen atoms in total. The van der Waals surface area contributed by atoms with E-state index in [1.54, 1.807) is 0 Å². The van der Waals surface area contributed by atoms with Gasteiger partial charge in [-0.05, 0) is 23.1 Å². The minimum atomic E-state index is -0.354. The predicted octanol–water partition coefficient (Wildman–Crippen LogP) is 3.70. The Morgan fingerprint density at radius 2 is 1.59 bits per heavy atom. The lowest BCUT2D eigenvalue weighted by molar-refractivity contribution is 0.102. The number of rotatable bonds is 4. The molecule has 0 bridgehead atoms. The van der Waals surface area contributed by atoms with Crippen molar-refractivity contribution in [2.45, 2.75) is 6.54 Å². The van der Waals surface area contributed by atoms with Crippen molar-refractivity contribution in [2.75, 3.05) is 5.32 Å². The Hall–Kier alpha value is -3.73. The van der Waals surface area contributed by atoms with Crippen molar-refractivity contribution in [1.29, 1.82) is 0 Å². The molecule has 1 heterocycles. The summed E-state index contributed by atoms with van der Waals surface area (Å²) in [6, 6.07) is 25.9. The van der Waals surface area contributed by atoms with Gasteiger partial charge in [0.1, 0.15) is 5.69 Å². The lowest BCUT2D eigenvalue weighted by Gasteiger charge is -2.10. The highest BCUT2D eigenvalue weighted by molar-refractivity contribution is 6.08. The average Bonchev–Trinajstić information content (AvgIpc) is 2.71. The van der Waals surface area contributed by atoms with Crippen LogP contribution in [-0.2, 0) is 6.54 Å². The number of hydrogen-bond acceptors (Lipinski definition) is 3. The molecule has 0 saturated heterocycles. The zero-order valence-corrected chi connectivity index (χ0v) is 14.5. The van der Waals surface area contributed by atoms with E-state index in [0.717, 1.165) is 16.3 Å². The third kappa shape index (κ3) is 3.62. The van der Waals surface area contributed by atoms with E-state index in [4.69, 9.17) is 0 Å². The van der Waals surface area contributed by atoms with Crippen LogP contribution >= 0.6 is 0 Å². The Morgan fingerprint density at radius 1 is 0.852 bits per heavy atom. The van der Waals surface area contributed by atoms with Crippen molar-refractivity contribution in [1.82, 2.24) is 9.78 Å². The first-order chi connectivity index (χ1) is 13.2. The van der Waals surface area contributed by atoms with Crippen LogP contribution in [0, 0.1) is 0 Å². The molecule has 0 radical (unpaired) electrons. The van der Waals surface area contributed by atoms with Gasteiger partial charge in [0, 0.05) is 17.1 Å². The lowest BCUT2D eigenvalue weighted by atomic mass is 10.1. The lowest BCUT2D eigenvalue weighted by Crippen LogP contribution is -2.26. The molecule has 0 aliphatic heterocycles. The number of aromatic nitrogens is 2. The summed E-state index contributed by atoms with van der Waals surface area (Å²) in [5.74, 6) is -0.354. The number of nitrogens with one attached hydrogen (secondary N) is 1. The fourth-order valence-electron chi connectivity index (χ4n) is 2.96. The highest BCUT2D eigenvalue weighted by Gasteiger charge is 2.12. The highest BCUT2D eigenvalue weighted by atomic mass is 16.2. The second-order valence-electron chi connectivity index (χ2n) is 6.18. The van der Waals surface area contributed by atoms with Gasteiger partial charge < -0.3 is 5.32 Å². The summed E-state index contributed by atoms with van der Waals surface area (Å²) in [7, 11) is 0. The largest absolute Gasteiger partial charge is 0.320 e. The number of benzene rings is 3. The number of nitrogens with zero attached hydrogens (tertiary/aromatic N) is 2. The van der Waals surface area contributed by atoms with Gasteiger partial charge in [-0.15, -0.1) is 0 Å². The summed E-state index contributed by atoms with van der Waals surface area (Å²) in [4.78, 5) is 24.8. The molecule has 4 aromatic rings. The van der Waals surface area contributed by atoms with Crippen molar-refractivity contribution < 1.29 is 4.79 Å². The molecule has 0 unspecified atom stereocenters. The standard InChI is InChI=1S/C22H17N3O2/c26-21-14-13-20(24-25(21)15-16-7-2-1-3-8-16)22(27)23-19-12-6-10-17-9-4-5-11-18(17)19/h1-14H,15H2,(H,23,27). The summed E-state index contributed by atoms with van der Waals surface area (Å²) in [6.45, 7) is 0.315. The third-order valence-electron chi connectivity index (χ3n) is 4.31. The fourth-order valence-corrected chi connectivity index (χ4v) is 2.96. The van der Waals surface area contributed by atoms with Crippen LogP contribution in [0.5, 0.6) is 0 Å². The first-order valence-electron chi connectivity index (χ1n) is 8.62. The van der Waals surface area contributed by atoms with Crippen molar-refractivity contribution in [3.63, 3.8) is 0 Å². The number of hydrogen-bond donors (Lipinski definition) is 1. The van der Waals surface area contributed by atoms with E-state index in [-0.39, 0.29) is 17.2 Å². The van der Waals surface area contributed by atoms with Gasteiger partial charge in [0.2, 0.25) is 0 Å². The smallest absolute Gasteiger partial charge is 0.276 e. The van der Waals surface area contributed by atoms with Crippen LogP contribution in [0.4, 0.5) is 5.69 Å². The number of fused-ring (bicyclic) bond motifs is 1. The SMILES string of the molecule is O=C(Nc1cccc2ccccc12)c1ccc(=O)n(Cc2ccccc2)n1. The Labute approximate surface area is 155 Å². The zero-order chi connectivity index (χ0) is 18.6. The van der Waals surface area contributed by atoms with Gasteiger partial charge in [-0.2, -0.15) is 5.10 Å². The molecule has 0 spiro atoms. The van der Waals surface area contributed by atoms with Gasteiger partial charge in [0.25, 0.3) is 11.5 Å². The monoisotopic (exact) mass is 355 g/mol. The Morgan fingerprint density at radius 3 is 2.44 bits per heavy atom. The molecule has 1 aromatic heterocycles. The van der Waals surface area contributed by atoms with E-state index in [9.17, 15) is 9.59 Å². The van der Waals surface area contributed by atoms with Gasteiger partial charge in [-0.25, -0.2) is 4.68 Å². The van der Waals surface area contributed by atoms with E-state index < -0.39 is 0 Å². The maximum absolute atomic E-state index is 12.7. The minimum absolute atomic E-state index is 0.193. The third-order valence-corrected chi connectivity index (χ3v) is 4.31. The predicted molar refractivity (Wildman–Crippen MR) is 106 cm³/mol. The summed E-state index contributed by atoms with van der Waals surface area (Å²) in [5.41, 5.74) is 1.60. The molecular formula is C22H17N3O2. The van der Waals surface area contributed by atoms with Gasteiger partial charge in [-0.1, -0.05) is 66.7 Å². The summed E-state index contributed by atoms with van der Waals surface area (Å²) < 4.78 is 1.30. The summed E-state index contributed by atoms with van der Waals surface area (Å²) >= 11 is 0. The first-order valence-corrected chi connectivity index (χ1v) is 8.62. The molecule has 132 valence electrons. The fraction of sp³-hybridized carbons (Fsp3) is 0.0455. The topological polar surface area (TPSA) is 64.0 Å². The quantitative estimate of drug-likeness (QED) is 0.607. The van der Waals surface area contributed by atoms with Crippen LogP contribution < -0.4 is 10.9 Å². The van der Waals surface area contributed by atoms with Crippen molar-refractivity contribution >= 4 is 22.4 Å². The van der Waals surface area contributed by atoms with Crippen LogP contribution in [0.3, 0.4) is 0 Å². The van der Waals surface area contributed by atoms with Gasteiger partial charge in [-0.3, -0.25) is 9.59 Å². The number of carbonyl (C=O) groups is 1. The Kier molecular flexibility index (Phi) is 4.49. The molecular weight excluding hydrogens is 338 g/mol. The van der Waals surface area contributed by atoms with E-state index in [1.807, 2.05) is 72.8 Å². The zero-order valence-electron chi connectivity index (χ0n) is 14.5. The maximum atomic E-state index is 12.7. The molecule has 0 aliphatic rings. The van der Waals surface area contributed by atoms with Crippen molar-refractivity contribution in [2.24, 2.45) is 0 Å². The maximum Gasteiger partial charge on any atom is 0.276 e. The second kappa shape index (κ2) is 7.25. The molecule has 5 heteroatoms. The molecule has 3 aromatic carbocycles. The molecule has 1 amide bonds. The van der Waals surface area contributed by atoms with Crippen LogP contribution in [0.2, 0.25) is 0 Å². The molecule has 4 rings (SSSR count). The van der Waals surface area contributed by atoms with Crippen LogP contribution in [-0.4, -0.2) is 15.7 Å². The Balaban J connectivity index is 1.62. The first kappa shape index (κ1) is 16.7. The summed E-state index contributed by atoms with van der Waals surface area (Å²) in [5, 5.41) is 9.12. The van der Waals surface area contributed by atoms with Gasteiger partial charge >= 0.3 is 0 Å². The van der Waals surface area contributed by atoms with Gasteiger partial charge in [0.15, 0.2) is 0 Å². The summed E-state index contributed by atoms with van der Waals surface area (Å²) in [6.07, 6.45) is 0. The number of amides is 1. The van der Waals surface area contributed by atoms with Crippen molar-refractivity contribution in [3.8, 4) is 0 Å². The molecule has 0 fully saturated rings. The van der Waals surface area contributed by atoms with Crippen LogP contribution in [0.25, 0.3) is 10.8 Å². The second-order valence-corrected chi connectivity index (χ2v) is 6.18. The minimum Gasteiger partial charge on any atom is -0.320 e. The molecule has 1 N–H and O–H groups in total. The Bertz CT molecular complexity index is 1160. The van der Waals surface area contributed by atoms with E-state index in [0.29, 0.717) is 12.2 Å².